The summed E-state index contributed by atoms with van der Waals surface area (Å²) >= 11 is 0. The highest BCUT2D eigenvalue weighted by molar-refractivity contribution is 6.13. The van der Waals surface area contributed by atoms with Gasteiger partial charge in [-0.3, -0.25) is 9.59 Å². The number of benzene rings is 2. The number of hydrogen-bond donors (Lipinski definition) is 1. The Labute approximate surface area is 133 Å². The molecule has 2 aromatic rings. The first kappa shape index (κ1) is 15.4. The lowest BCUT2D eigenvalue weighted by molar-refractivity contribution is -0.384. The van der Waals surface area contributed by atoms with Crippen molar-refractivity contribution in [2.45, 2.75) is 26.1 Å². The minimum atomic E-state index is -1.84. The molecule has 5 nitrogen and oxygen atoms in total. The van der Waals surface area contributed by atoms with Gasteiger partial charge in [0.1, 0.15) is 0 Å². The molecule has 1 aliphatic carbocycles. The minimum absolute atomic E-state index is 0.189. The Hall–Kier alpha value is -2.50. The van der Waals surface area contributed by atoms with Gasteiger partial charge in [-0.25, -0.2) is 5.26 Å². The summed E-state index contributed by atoms with van der Waals surface area (Å²) in [7, 11) is 0. The molecule has 1 unspecified atom stereocenters. The molecular weight excluding hydrogens is 296 g/mol. The van der Waals surface area contributed by atoms with Crippen molar-refractivity contribution in [2.75, 3.05) is 0 Å². The van der Waals surface area contributed by atoms with Gasteiger partial charge in [0.15, 0.2) is 5.78 Å². The molecule has 0 heterocycles. The van der Waals surface area contributed by atoms with Gasteiger partial charge in [0.2, 0.25) is 0 Å². The highest BCUT2D eigenvalue weighted by atomic mass is 17.1. The lowest BCUT2D eigenvalue weighted by Crippen LogP contribution is -2.41. The van der Waals surface area contributed by atoms with Crippen molar-refractivity contribution in [2.24, 2.45) is 0 Å². The molecule has 118 valence electrons. The van der Waals surface area contributed by atoms with E-state index in [4.69, 9.17) is 4.74 Å². The average Bonchev–Trinajstić information content (AvgIpc) is 2.58. The van der Waals surface area contributed by atoms with Gasteiger partial charge in [0, 0.05) is 29.2 Å². The molecule has 1 atom stereocenters. The summed E-state index contributed by atoms with van der Waals surface area (Å²) in [6, 6.07) is 11.8. The number of rotatable bonds is 3. The average molecular weight is 312 g/mol. The zero-order chi connectivity index (χ0) is 16.6. The first-order chi connectivity index (χ1) is 11.0. The van der Waals surface area contributed by atoms with Crippen LogP contribution >= 0.6 is 0 Å². The third kappa shape index (κ3) is 2.25. The number of ether oxygens (including phenoxy) is 1. The lowest BCUT2D eigenvalue weighted by Gasteiger charge is -2.36. The lowest BCUT2D eigenvalue weighted by atomic mass is 9.79. The molecule has 0 amide bonds. The Bertz CT molecular complexity index is 796. The van der Waals surface area contributed by atoms with E-state index in [0.717, 1.165) is 12.0 Å². The molecule has 1 aliphatic rings. The first-order valence-corrected chi connectivity index (χ1v) is 7.33. The molecule has 23 heavy (non-hydrogen) atoms. The number of carbonyl (C=O) groups is 2. The van der Waals surface area contributed by atoms with Crippen molar-refractivity contribution in [1.29, 1.82) is 0 Å². The predicted molar refractivity (Wildman–Crippen MR) is 82.0 cm³/mol. The topological polar surface area (TPSA) is 72.8 Å². The van der Waals surface area contributed by atoms with Crippen LogP contribution in [0.1, 0.15) is 46.5 Å². The Kier molecular flexibility index (Phi) is 3.75. The van der Waals surface area contributed by atoms with Crippen LogP contribution in [0, 0.1) is 0 Å². The number of aryl methyl sites for hydroxylation is 1. The normalized spacial score (nSPS) is 19.0. The van der Waals surface area contributed by atoms with E-state index in [2.05, 4.69) is 4.89 Å². The summed E-state index contributed by atoms with van der Waals surface area (Å²) in [5.41, 5.74) is 2.28. The highest BCUT2D eigenvalue weighted by Gasteiger charge is 2.48. The van der Waals surface area contributed by atoms with Crippen molar-refractivity contribution in [3.63, 3.8) is 0 Å². The third-order valence-corrected chi connectivity index (χ3v) is 4.03. The fourth-order valence-electron chi connectivity index (χ4n) is 2.97. The number of esters is 1. The number of carbonyl (C=O) groups excluding carboxylic acids is 2. The quantitative estimate of drug-likeness (QED) is 0.408. The van der Waals surface area contributed by atoms with Crippen molar-refractivity contribution >= 4 is 11.8 Å². The van der Waals surface area contributed by atoms with Gasteiger partial charge in [-0.1, -0.05) is 43.3 Å². The molecule has 2 aromatic carbocycles. The van der Waals surface area contributed by atoms with Gasteiger partial charge in [-0.2, -0.15) is 4.89 Å². The van der Waals surface area contributed by atoms with Crippen molar-refractivity contribution in [1.82, 2.24) is 0 Å². The van der Waals surface area contributed by atoms with E-state index < -0.39 is 11.8 Å². The maximum atomic E-state index is 12.8. The van der Waals surface area contributed by atoms with Crippen LogP contribution in [0.4, 0.5) is 0 Å². The summed E-state index contributed by atoms with van der Waals surface area (Å²) in [6.07, 6.45) is 0.753. The first-order valence-electron chi connectivity index (χ1n) is 7.33. The smallest absolute Gasteiger partial charge is 0.305 e. The molecule has 5 heteroatoms. The van der Waals surface area contributed by atoms with Crippen LogP contribution in [0.2, 0.25) is 0 Å². The SMILES string of the molecule is CCc1ccc2c(c1)C(=O)c1ccccc1C2(OO)OC(C)=O. The molecule has 0 fully saturated rings. The molecule has 3 rings (SSSR count). The predicted octanol–water partition coefficient (Wildman–Crippen LogP) is 3.05. The van der Waals surface area contributed by atoms with Gasteiger partial charge in [-0.15, -0.1) is 0 Å². The van der Waals surface area contributed by atoms with Crippen LogP contribution in [-0.2, 0) is 26.6 Å². The molecule has 0 saturated carbocycles. The molecule has 0 radical (unpaired) electrons. The molecular formula is C18H16O5. The number of hydrogen-bond acceptors (Lipinski definition) is 5. The summed E-state index contributed by atoms with van der Waals surface area (Å²) < 4.78 is 5.34. The Morgan fingerprint density at radius 1 is 1.13 bits per heavy atom. The molecule has 0 bridgehead atoms. The van der Waals surface area contributed by atoms with Crippen molar-refractivity contribution in [3.8, 4) is 0 Å². The van der Waals surface area contributed by atoms with E-state index in [1.165, 1.54) is 6.92 Å². The fourth-order valence-corrected chi connectivity index (χ4v) is 2.97. The van der Waals surface area contributed by atoms with Crippen molar-refractivity contribution < 1.29 is 24.5 Å². The Morgan fingerprint density at radius 2 is 1.83 bits per heavy atom. The van der Waals surface area contributed by atoms with Crippen molar-refractivity contribution in [3.05, 3.63) is 70.3 Å². The fraction of sp³-hybridized carbons (Fsp3) is 0.222. The van der Waals surface area contributed by atoms with Gasteiger partial charge < -0.3 is 4.74 Å². The van der Waals surface area contributed by atoms with E-state index >= 15 is 0 Å². The van der Waals surface area contributed by atoms with Crippen LogP contribution in [-0.4, -0.2) is 17.0 Å². The minimum Gasteiger partial charge on any atom is -0.421 e. The molecule has 0 saturated heterocycles. The standard InChI is InChI=1S/C18H16O5/c1-3-12-8-9-16-14(10-12)17(20)13-6-4-5-7-15(13)18(16,23-21)22-11(2)19/h4-10,21H,3H2,1-2H3. The van der Waals surface area contributed by atoms with Gasteiger partial charge in [0.05, 0.1) is 0 Å². The molecule has 0 aromatic heterocycles. The Morgan fingerprint density at radius 3 is 2.48 bits per heavy atom. The second-order valence-corrected chi connectivity index (χ2v) is 5.41. The molecule has 0 spiro atoms. The summed E-state index contributed by atoms with van der Waals surface area (Å²) in [5, 5.41) is 9.61. The van der Waals surface area contributed by atoms with Crippen LogP contribution in [0.3, 0.4) is 0 Å². The van der Waals surface area contributed by atoms with E-state index in [9.17, 15) is 14.8 Å². The second-order valence-electron chi connectivity index (χ2n) is 5.41. The zero-order valence-electron chi connectivity index (χ0n) is 12.8. The number of fused-ring (bicyclic) bond motifs is 2. The summed E-state index contributed by atoms with van der Waals surface area (Å²) in [6.45, 7) is 3.20. The molecule has 1 N–H and O–H groups in total. The van der Waals surface area contributed by atoms with E-state index in [0.29, 0.717) is 22.3 Å². The van der Waals surface area contributed by atoms with E-state index in [-0.39, 0.29) is 5.78 Å². The van der Waals surface area contributed by atoms with Crippen LogP contribution in [0.25, 0.3) is 0 Å². The van der Waals surface area contributed by atoms with Crippen LogP contribution in [0.5, 0.6) is 0 Å². The summed E-state index contributed by atoms with van der Waals surface area (Å²) in [5.74, 6) is -2.66. The Balaban J connectivity index is 2.34. The van der Waals surface area contributed by atoms with E-state index in [1.54, 1.807) is 36.4 Å². The van der Waals surface area contributed by atoms with Gasteiger partial charge in [0.25, 0.3) is 5.79 Å². The van der Waals surface area contributed by atoms with Crippen LogP contribution in [0.15, 0.2) is 42.5 Å². The molecule has 0 aliphatic heterocycles. The number of ketones is 1. The third-order valence-electron chi connectivity index (χ3n) is 4.03. The van der Waals surface area contributed by atoms with Gasteiger partial charge >= 0.3 is 5.97 Å². The monoisotopic (exact) mass is 312 g/mol. The highest BCUT2D eigenvalue weighted by Crippen LogP contribution is 2.43. The van der Waals surface area contributed by atoms with Gasteiger partial charge in [-0.05, 0) is 18.1 Å². The van der Waals surface area contributed by atoms with E-state index in [1.807, 2.05) is 13.0 Å². The van der Waals surface area contributed by atoms with Crippen LogP contribution < -0.4 is 0 Å². The maximum absolute atomic E-state index is 12.8. The maximum Gasteiger partial charge on any atom is 0.305 e. The summed E-state index contributed by atoms with van der Waals surface area (Å²) in [4.78, 5) is 29.1. The largest absolute Gasteiger partial charge is 0.421 e. The second kappa shape index (κ2) is 5.61. The zero-order valence-corrected chi connectivity index (χ0v) is 12.8.